The molecule has 2 bridgehead atoms. The highest BCUT2D eigenvalue weighted by molar-refractivity contribution is 9.10. The zero-order valence-electron chi connectivity index (χ0n) is 12.3. The van der Waals surface area contributed by atoms with E-state index in [1.165, 1.54) is 12.8 Å². The Bertz CT molecular complexity index is 536. The molecule has 21 heavy (non-hydrogen) atoms. The van der Waals surface area contributed by atoms with Gasteiger partial charge in [-0.25, -0.2) is 0 Å². The first-order valence-corrected chi connectivity index (χ1v) is 8.50. The number of piperidine rings is 1. The van der Waals surface area contributed by atoms with Crippen molar-refractivity contribution in [1.82, 2.24) is 5.32 Å². The summed E-state index contributed by atoms with van der Waals surface area (Å²) in [7, 11) is 0. The largest absolute Gasteiger partial charge is 0.368 e. The lowest BCUT2D eigenvalue weighted by molar-refractivity contribution is 0.1000. The number of hydrogen-bond donors (Lipinski definition) is 2. The summed E-state index contributed by atoms with van der Waals surface area (Å²) in [6.45, 7) is 3.04. The molecule has 0 aliphatic carbocycles. The van der Waals surface area contributed by atoms with E-state index in [0.717, 1.165) is 29.5 Å². The average Bonchev–Trinajstić information content (AvgIpc) is 2.78. The van der Waals surface area contributed by atoms with E-state index in [1.807, 2.05) is 18.2 Å². The molecule has 4 nitrogen and oxygen atoms in total. The molecule has 3 rings (SSSR count). The Kier molecular flexibility index (Phi) is 4.22. The summed E-state index contributed by atoms with van der Waals surface area (Å²) in [6, 6.07) is 7.62. The van der Waals surface area contributed by atoms with E-state index in [2.05, 4.69) is 33.1 Å². The minimum Gasteiger partial charge on any atom is -0.368 e. The Balaban J connectivity index is 1.93. The molecule has 0 aromatic heterocycles. The Morgan fingerprint density at radius 1 is 1.38 bits per heavy atom. The summed E-state index contributed by atoms with van der Waals surface area (Å²) < 4.78 is 0.780. The Hall–Kier alpha value is -1.07. The molecule has 1 aromatic carbocycles. The van der Waals surface area contributed by atoms with Crippen molar-refractivity contribution in [2.24, 2.45) is 5.73 Å². The molecule has 2 aliphatic rings. The number of halogens is 1. The molecule has 2 unspecified atom stereocenters. The van der Waals surface area contributed by atoms with Gasteiger partial charge in [0, 0.05) is 29.1 Å². The Morgan fingerprint density at radius 2 is 2.05 bits per heavy atom. The first-order chi connectivity index (χ1) is 10.1. The number of hydrogen-bond acceptors (Lipinski definition) is 3. The monoisotopic (exact) mass is 351 g/mol. The highest BCUT2D eigenvalue weighted by Crippen LogP contribution is 2.35. The van der Waals surface area contributed by atoms with E-state index in [-0.39, 0.29) is 5.91 Å². The van der Waals surface area contributed by atoms with Crippen LogP contribution in [0.5, 0.6) is 0 Å². The van der Waals surface area contributed by atoms with Gasteiger partial charge in [-0.2, -0.15) is 0 Å². The van der Waals surface area contributed by atoms with Crippen molar-refractivity contribution >= 4 is 27.5 Å². The minimum atomic E-state index is -0.368. The number of primary amides is 1. The number of benzene rings is 1. The lowest BCUT2D eigenvalue weighted by Crippen LogP contribution is -2.48. The normalized spacial score (nSPS) is 27.6. The van der Waals surface area contributed by atoms with Gasteiger partial charge >= 0.3 is 0 Å². The molecule has 0 spiro atoms. The number of nitrogens with one attached hydrogen (secondary N) is 1. The summed E-state index contributed by atoms with van der Waals surface area (Å²) >= 11 is 3.47. The van der Waals surface area contributed by atoms with Crippen LogP contribution in [0.3, 0.4) is 0 Å². The molecule has 2 fully saturated rings. The van der Waals surface area contributed by atoms with Crippen LogP contribution in [0.2, 0.25) is 0 Å². The SMILES string of the molecule is CCN(c1cccc(Br)c1C(N)=O)C1CC2CCC(C1)N2. The van der Waals surface area contributed by atoms with Crippen molar-refractivity contribution in [2.75, 3.05) is 11.4 Å². The molecule has 3 N–H and O–H groups in total. The standard InChI is InChI=1S/C16H22BrN3O/c1-2-20(12-8-10-6-7-11(9-12)19-10)14-5-3-4-13(17)15(14)16(18)21/h3-5,10-12,19H,2,6-9H2,1H3,(H2,18,21). The molecule has 5 heteroatoms. The third-order valence-electron chi connectivity index (χ3n) is 4.78. The first-order valence-electron chi connectivity index (χ1n) is 7.71. The fraction of sp³-hybridized carbons (Fsp3) is 0.562. The number of nitrogens with two attached hydrogens (primary N) is 1. The molecule has 114 valence electrons. The number of rotatable bonds is 4. The molecule has 0 saturated carbocycles. The van der Waals surface area contributed by atoms with Crippen molar-refractivity contribution < 1.29 is 4.79 Å². The molecule has 1 aromatic rings. The highest BCUT2D eigenvalue weighted by Gasteiger charge is 2.36. The minimum absolute atomic E-state index is 0.368. The molecule has 1 amide bonds. The number of anilines is 1. The maximum absolute atomic E-state index is 11.8. The van der Waals surface area contributed by atoms with Crippen molar-refractivity contribution in [3.05, 3.63) is 28.2 Å². The van der Waals surface area contributed by atoms with E-state index in [1.54, 1.807) is 0 Å². The first kappa shape index (κ1) is 14.9. The summed E-state index contributed by atoms with van der Waals surface area (Å²) in [5.41, 5.74) is 7.16. The van der Waals surface area contributed by atoms with Gasteiger partial charge in [-0.15, -0.1) is 0 Å². The van der Waals surface area contributed by atoms with Crippen LogP contribution < -0.4 is 16.0 Å². The average molecular weight is 352 g/mol. The van der Waals surface area contributed by atoms with Gasteiger partial charge < -0.3 is 16.0 Å². The molecule has 2 saturated heterocycles. The van der Waals surface area contributed by atoms with Crippen LogP contribution in [0.25, 0.3) is 0 Å². The van der Waals surface area contributed by atoms with E-state index in [0.29, 0.717) is 23.7 Å². The van der Waals surface area contributed by atoms with Crippen LogP contribution >= 0.6 is 15.9 Å². The predicted molar refractivity (Wildman–Crippen MR) is 88.6 cm³/mol. The second-order valence-electron chi connectivity index (χ2n) is 6.05. The zero-order valence-corrected chi connectivity index (χ0v) is 13.9. The van der Waals surface area contributed by atoms with Gasteiger partial charge in [-0.05, 0) is 60.7 Å². The Labute approximate surface area is 134 Å². The lowest BCUT2D eigenvalue weighted by atomic mass is 9.96. The van der Waals surface area contributed by atoms with Gasteiger partial charge in [-0.1, -0.05) is 6.07 Å². The van der Waals surface area contributed by atoms with Crippen molar-refractivity contribution in [1.29, 1.82) is 0 Å². The van der Waals surface area contributed by atoms with Crippen LogP contribution in [-0.4, -0.2) is 30.6 Å². The second kappa shape index (κ2) is 5.97. The summed E-state index contributed by atoms with van der Waals surface area (Å²) in [5, 5.41) is 3.67. The highest BCUT2D eigenvalue weighted by atomic mass is 79.9. The topological polar surface area (TPSA) is 58.4 Å². The third kappa shape index (κ3) is 2.81. The van der Waals surface area contributed by atoms with E-state index in [4.69, 9.17) is 5.73 Å². The van der Waals surface area contributed by atoms with Crippen LogP contribution in [0.15, 0.2) is 22.7 Å². The van der Waals surface area contributed by atoms with Crippen molar-refractivity contribution in [2.45, 2.75) is 50.7 Å². The van der Waals surface area contributed by atoms with Crippen molar-refractivity contribution in [3.8, 4) is 0 Å². The summed E-state index contributed by atoms with van der Waals surface area (Å²) in [4.78, 5) is 14.2. The second-order valence-corrected chi connectivity index (χ2v) is 6.90. The Morgan fingerprint density at radius 3 is 2.62 bits per heavy atom. The predicted octanol–water partition coefficient (Wildman–Crippen LogP) is 2.66. The fourth-order valence-electron chi connectivity index (χ4n) is 3.90. The van der Waals surface area contributed by atoms with Gasteiger partial charge in [0.05, 0.1) is 11.3 Å². The van der Waals surface area contributed by atoms with Crippen LogP contribution in [-0.2, 0) is 0 Å². The third-order valence-corrected chi connectivity index (χ3v) is 5.44. The summed E-state index contributed by atoms with van der Waals surface area (Å²) in [5.74, 6) is -0.368. The fourth-order valence-corrected chi connectivity index (χ4v) is 4.45. The van der Waals surface area contributed by atoms with Gasteiger partial charge in [0.25, 0.3) is 5.91 Å². The van der Waals surface area contributed by atoms with Crippen molar-refractivity contribution in [3.63, 3.8) is 0 Å². The molecule has 2 heterocycles. The maximum atomic E-state index is 11.8. The van der Waals surface area contributed by atoms with Crippen LogP contribution in [0.1, 0.15) is 43.0 Å². The smallest absolute Gasteiger partial charge is 0.251 e. The number of amides is 1. The van der Waals surface area contributed by atoms with Gasteiger partial charge in [0.15, 0.2) is 0 Å². The molecule has 0 radical (unpaired) electrons. The number of carbonyl (C=O) groups is 1. The zero-order chi connectivity index (χ0) is 15.0. The number of nitrogens with zero attached hydrogens (tertiary/aromatic N) is 1. The lowest BCUT2D eigenvalue weighted by Gasteiger charge is -2.39. The van der Waals surface area contributed by atoms with E-state index < -0.39 is 0 Å². The van der Waals surface area contributed by atoms with Gasteiger partial charge in [0.2, 0.25) is 0 Å². The molecular weight excluding hydrogens is 330 g/mol. The molecule has 2 atom stereocenters. The van der Waals surface area contributed by atoms with E-state index >= 15 is 0 Å². The number of carbonyl (C=O) groups excluding carboxylic acids is 1. The van der Waals surface area contributed by atoms with Gasteiger partial charge in [0.1, 0.15) is 0 Å². The van der Waals surface area contributed by atoms with E-state index in [9.17, 15) is 4.79 Å². The number of fused-ring (bicyclic) bond motifs is 2. The van der Waals surface area contributed by atoms with Crippen LogP contribution in [0.4, 0.5) is 5.69 Å². The quantitative estimate of drug-likeness (QED) is 0.876. The van der Waals surface area contributed by atoms with Gasteiger partial charge in [-0.3, -0.25) is 4.79 Å². The summed E-state index contributed by atoms with van der Waals surface area (Å²) in [6.07, 6.45) is 4.85. The maximum Gasteiger partial charge on any atom is 0.251 e. The molecule has 2 aliphatic heterocycles. The van der Waals surface area contributed by atoms with Crippen LogP contribution in [0, 0.1) is 0 Å². The molecular formula is C16H22BrN3O.